The Bertz CT molecular complexity index is 1030. The summed E-state index contributed by atoms with van der Waals surface area (Å²) in [5, 5.41) is 19.3. The molecule has 1 saturated heterocycles. The van der Waals surface area contributed by atoms with Gasteiger partial charge in [-0.05, 0) is 44.5 Å². The zero-order valence-corrected chi connectivity index (χ0v) is 16.1. The number of halogens is 1. The number of aliphatic hydroxyl groups excluding tert-OH is 1. The van der Waals surface area contributed by atoms with Crippen molar-refractivity contribution in [3.05, 3.63) is 44.8 Å². The molecule has 4 rings (SSSR count). The fraction of sp³-hybridized carbons (Fsp3) is 0.368. The highest BCUT2D eigenvalue weighted by atomic mass is 79.9. The first-order valence-electron chi connectivity index (χ1n) is 8.84. The van der Waals surface area contributed by atoms with Gasteiger partial charge < -0.3 is 20.7 Å². The van der Waals surface area contributed by atoms with Gasteiger partial charge in [0, 0.05) is 39.6 Å². The predicted octanol–water partition coefficient (Wildman–Crippen LogP) is 3.06. The molecule has 2 atom stereocenters. The molecule has 1 aromatic carbocycles. The number of fused-ring (bicyclic) bond motifs is 3. The Hall–Kier alpha value is -1.96. The van der Waals surface area contributed by atoms with Gasteiger partial charge in [-0.1, -0.05) is 15.9 Å². The number of aromatic nitrogens is 2. The van der Waals surface area contributed by atoms with Crippen molar-refractivity contribution in [2.24, 2.45) is 0 Å². The van der Waals surface area contributed by atoms with E-state index in [9.17, 15) is 9.90 Å². The number of nitrogens with one attached hydrogen (secondary N) is 3. The number of piperidine rings is 1. The summed E-state index contributed by atoms with van der Waals surface area (Å²) in [6, 6.07) is 6.15. The first-order valence-corrected chi connectivity index (χ1v) is 9.64. The normalized spacial score (nSPS) is 19.0. The van der Waals surface area contributed by atoms with Crippen LogP contribution in [0.15, 0.2) is 33.7 Å². The van der Waals surface area contributed by atoms with E-state index in [1.807, 2.05) is 18.2 Å². The van der Waals surface area contributed by atoms with Crippen LogP contribution in [0.4, 0.5) is 5.82 Å². The van der Waals surface area contributed by atoms with E-state index in [1.54, 1.807) is 13.1 Å². The summed E-state index contributed by atoms with van der Waals surface area (Å²) in [5.74, 6) is 0.751. The molecule has 136 valence electrons. The lowest BCUT2D eigenvalue weighted by Gasteiger charge is -2.25. The maximum absolute atomic E-state index is 12.6. The molecule has 1 aliphatic heterocycles. The molecule has 0 spiro atoms. The first kappa shape index (κ1) is 17.5. The maximum atomic E-state index is 12.6. The van der Waals surface area contributed by atoms with Crippen LogP contribution in [0.5, 0.6) is 0 Å². The summed E-state index contributed by atoms with van der Waals surface area (Å²) in [6.07, 6.45) is 3.02. The van der Waals surface area contributed by atoms with Gasteiger partial charge in [-0.3, -0.25) is 4.79 Å². The molecule has 0 amide bonds. The quantitative estimate of drug-likeness (QED) is 0.492. The number of aromatic amines is 1. The van der Waals surface area contributed by atoms with Crippen LogP contribution in [-0.2, 0) is 0 Å². The topological polar surface area (TPSA) is 90.0 Å². The number of rotatable bonds is 3. The molecule has 0 bridgehead atoms. The van der Waals surface area contributed by atoms with Crippen molar-refractivity contribution in [2.75, 3.05) is 18.4 Å². The van der Waals surface area contributed by atoms with Gasteiger partial charge in [0.05, 0.1) is 17.0 Å². The summed E-state index contributed by atoms with van der Waals surface area (Å²) >= 11 is 3.50. The molecule has 3 aromatic rings. The summed E-state index contributed by atoms with van der Waals surface area (Å²) in [5.41, 5.74) is 0.956. The van der Waals surface area contributed by atoms with Crippen LogP contribution in [-0.4, -0.2) is 34.2 Å². The summed E-state index contributed by atoms with van der Waals surface area (Å²) in [7, 11) is 0. The molecule has 3 heterocycles. The van der Waals surface area contributed by atoms with Crippen molar-refractivity contribution in [2.45, 2.75) is 31.9 Å². The second-order valence-corrected chi connectivity index (χ2v) is 7.73. The minimum Gasteiger partial charge on any atom is -0.389 e. The predicted molar refractivity (Wildman–Crippen MR) is 108 cm³/mol. The smallest absolute Gasteiger partial charge is 0.258 e. The summed E-state index contributed by atoms with van der Waals surface area (Å²) in [6.45, 7) is 3.60. The number of aliphatic hydroxyl groups is 1. The van der Waals surface area contributed by atoms with Gasteiger partial charge >= 0.3 is 0 Å². The van der Waals surface area contributed by atoms with Crippen molar-refractivity contribution >= 4 is 43.4 Å². The molecule has 6 nitrogen and oxygen atoms in total. The van der Waals surface area contributed by atoms with Gasteiger partial charge in [-0.25, -0.2) is 4.98 Å². The number of hydrogen-bond donors (Lipinski definition) is 4. The van der Waals surface area contributed by atoms with Gasteiger partial charge in [-0.15, -0.1) is 0 Å². The third kappa shape index (κ3) is 3.11. The van der Waals surface area contributed by atoms with Crippen LogP contribution in [0.1, 0.15) is 31.4 Å². The lowest BCUT2D eigenvalue weighted by atomic mass is 10.0. The van der Waals surface area contributed by atoms with Crippen LogP contribution in [0.3, 0.4) is 0 Å². The largest absolute Gasteiger partial charge is 0.389 e. The van der Waals surface area contributed by atoms with Crippen molar-refractivity contribution in [1.82, 2.24) is 15.3 Å². The van der Waals surface area contributed by atoms with Crippen molar-refractivity contribution < 1.29 is 5.11 Å². The molecule has 0 saturated carbocycles. The van der Waals surface area contributed by atoms with Crippen LogP contribution >= 0.6 is 15.9 Å². The third-order valence-electron chi connectivity index (χ3n) is 4.91. The Labute approximate surface area is 159 Å². The summed E-state index contributed by atoms with van der Waals surface area (Å²) < 4.78 is 0.893. The molecule has 7 heteroatoms. The van der Waals surface area contributed by atoms with Crippen LogP contribution in [0, 0.1) is 0 Å². The molecule has 4 N–H and O–H groups in total. The van der Waals surface area contributed by atoms with Gasteiger partial charge in [0.2, 0.25) is 0 Å². The van der Waals surface area contributed by atoms with E-state index in [0.29, 0.717) is 16.5 Å². The SMILES string of the molecule is C[C@H](O)c1c[nH]c(=O)c2c1nc(N[C@H]1CCCNC1)c1ccc(Br)cc12. The highest BCUT2D eigenvalue weighted by Gasteiger charge is 2.19. The minimum atomic E-state index is -0.726. The van der Waals surface area contributed by atoms with Crippen LogP contribution in [0.2, 0.25) is 0 Å². The number of nitrogens with zero attached hydrogens (tertiary/aromatic N) is 1. The van der Waals surface area contributed by atoms with E-state index in [1.165, 1.54) is 0 Å². The zero-order valence-electron chi connectivity index (χ0n) is 14.5. The number of anilines is 1. The highest BCUT2D eigenvalue weighted by molar-refractivity contribution is 9.10. The number of pyridine rings is 2. The molecule has 1 aliphatic rings. The van der Waals surface area contributed by atoms with E-state index in [4.69, 9.17) is 4.98 Å². The van der Waals surface area contributed by atoms with E-state index in [-0.39, 0.29) is 11.6 Å². The Morgan fingerprint density at radius 3 is 2.96 bits per heavy atom. The zero-order chi connectivity index (χ0) is 18.3. The number of hydrogen-bond acceptors (Lipinski definition) is 5. The summed E-state index contributed by atoms with van der Waals surface area (Å²) in [4.78, 5) is 20.1. The van der Waals surface area contributed by atoms with Gasteiger partial charge in [-0.2, -0.15) is 0 Å². The van der Waals surface area contributed by atoms with Crippen molar-refractivity contribution in [1.29, 1.82) is 0 Å². The second-order valence-electron chi connectivity index (χ2n) is 6.81. The Morgan fingerprint density at radius 2 is 2.23 bits per heavy atom. The monoisotopic (exact) mass is 416 g/mol. The molecule has 0 unspecified atom stereocenters. The second kappa shape index (κ2) is 6.98. The van der Waals surface area contributed by atoms with Crippen LogP contribution in [0.25, 0.3) is 21.7 Å². The molecular weight excluding hydrogens is 396 g/mol. The molecule has 0 radical (unpaired) electrons. The Morgan fingerprint density at radius 1 is 1.38 bits per heavy atom. The van der Waals surface area contributed by atoms with E-state index in [2.05, 4.69) is 31.5 Å². The standard InChI is InChI=1S/C19H21BrN4O2/c1-10(25)15-9-22-19(26)16-14-7-11(20)4-5-13(14)18(24-17(15)16)23-12-3-2-6-21-8-12/h4-5,7,9-10,12,21,25H,2-3,6,8H2,1H3,(H,22,26)(H,23,24)/t10-,12-/m0/s1. The lowest BCUT2D eigenvalue weighted by Crippen LogP contribution is -2.38. The first-order chi connectivity index (χ1) is 12.5. The molecule has 0 aliphatic carbocycles. The lowest BCUT2D eigenvalue weighted by molar-refractivity contribution is 0.200. The van der Waals surface area contributed by atoms with E-state index in [0.717, 1.165) is 47.0 Å². The fourth-order valence-corrected chi connectivity index (χ4v) is 3.97. The maximum Gasteiger partial charge on any atom is 0.258 e. The Balaban J connectivity index is 2.00. The van der Waals surface area contributed by atoms with Crippen LogP contribution < -0.4 is 16.2 Å². The van der Waals surface area contributed by atoms with Gasteiger partial charge in [0.25, 0.3) is 5.56 Å². The molecule has 2 aromatic heterocycles. The van der Waals surface area contributed by atoms with E-state index < -0.39 is 6.10 Å². The Kier molecular flexibility index (Phi) is 4.69. The number of benzene rings is 1. The van der Waals surface area contributed by atoms with Gasteiger partial charge in [0.1, 0.15) is 5.82 Å². The minimum absolute atomic E-state index is 0.203. The third-order valence-corrected chi connectivity index (χ3v) is 5.41. The average molecular weight is 417 g/mol. The highest BCUT2D eigenvalue weighted by Crippen LogP contribution is 2.33. The van der Waals surface area contributed by atoms with Crippen molar-refractivity contribution in [3.63, 3.8) is 0 Å². The fourth-order valence-electron chi connectivity index (χ4n) is 3.60. The number of H-pyrrole nitrogens is 1. The molecule has 26 heavy (non-hydrogen) atoms. The van der Waals surface area contributed by atoms with Crippen molar-refractivity contribution in [3.8, 4) is 0 Å². The molecular formula is C19H21BrN4O2. The van der Waals surface area contributed by atoms with E-state index >= 15 is 0 Å². The average Bonchev–Trinajstić information content (AvgIpc) is 2.62. The van der Waals surface area contributed by atoms with Gasteiger partial charge in [0.15, 0.2) is 0 Å². The molecule has 1 fully saturated rings.